The summed E-state index contributed by atoms with van der Waals surface area (Å²) in [5.41, 5.74) is 3.93. The highest BCUT2D eigenvalue weighted by Gasteiger charge is 2.26. The molecule has 140 valence electrons. The lowest BCUT2D eigenvalue weighted by atomic mass is 9.93. The molecule has 0 spiro atoms. The van der Waals surface area contributed by atoms with Gasteiger partial charge in [-0.25, -0.2) is 4.79 Å². The molecule has 0 saturated heterocycles. The summed E-state index contributed by atoms with van der Waals surface area (Å²) in [7, 11) is 1.81. The second kappa shape index (κ2) is 6.75. The Morgan fingerprint density at radius 1 is 1.22 bits per heavy atom. The number of nitrogens with one attached hydrogen (secondary N) is 2. The van der Waals surface area contributed by atoms with Gasteiger partial charge in [-0.1, -0.05) is 12.1 Å². The topological polar surface area (TPSA) is 98.9 Å². The summed E-state index contributed by atoms with van der Waals surface area (Å²) in [6.45, 7) is 4.61. The molecule has 27 heavy (non-hydrogen) atoms. The molecule has 2 aromatic heterocycles. The van der Waals surface area contributed by atoms with Crippen LogP contribution in [0.25, 0.3) is 5.69 Å². The number of urea groups is 1. The molecule has 4 rings (SSSR count). The van der Waals surface area contributed by atoms with Gasteiger partial charge in [-0.2, -0.15) is 10.2 Å². The van der Waals surface area contributed by atoms with Crippen molar-refractivity contribution in [3.05, 3.63) is 47.4 Å². The number of aromatic nitrogens is 5. The minimum atomic E-state index is -0.327. The second-order valence-corrected chi connectivity index (χ2v) is 6.62. The van der Waals surface area contributed by atoms with Crippen molar-refractivity contribution in [2.24, 2.45) is 7.05 Å². The van der Waals surface area contributed by atoms with Crippen molar-refractivity contribution in [1.29, 1.82) is 0 Å². The van der Waals surface area contributed by atoms with Gasteiger partial charge in [0.05, 0.1) is 31.2 Å². The molecule has 0 radical (unpaired) electrons. The zero-order chi connectivity index (χ0) is 19.0. The number of carbonyl (C=O) groups is 1. The Hall–Kier alpha value is -3.36. The van der Waals surface area contributed by atoms with Crippen LogP contribution in [-0.4, -0.2) is 37.4 Å². The van der Waals surface area contributed by atoms with E-state index in [0.717, 1.165) is 28.1 Å². The molecule has 1 aliphatic heterocycles. The third-order valence-electron chi connectivity index (χ3n) is 4.57. The van der Waals surface area contributed by atoms with Crippen LogP contribution in [0.3, 0.4) is 0 Å². The Kier molecular flexibility index (Phi) is 4.27. The second-order valence-electron chi connectivity index (χ2n) is 6.62. The first-order valence-electron chi connectivity index (χ1n) is 8.73. The van der Waals surface area contributed by atoms with Crippen molar-refractivity contribution < 1.29 is 9.53 Å². The summed E-state index contributed by atoms with van der Waals surface area (Å²) >= 11 is 0. The van der Waals surface area contributed by atoms with Crippen molar-refractivity contribution in [2.75, 3.05) is 11.9 Å². The van der Waals surface area contributed by atoms with Gasteiger partial charge in [0.1, 0.15) is 11.4 Å². The molecular weight excluding hydrogens is 346 g/mol. The highest BCUT2D eigenvalue weighted by Crippen LogP contribution is 2.37. The van der Waals surface area contributed by atoms with Gasteiger partial charge in [0.25, 0.3) is 0 Å². The lowest BCUT2D eigenvalue weighted by Gasteiger charge is -2.29. The molecule has 0 fully saturated rings. The van der Waals surface area contributed by atoms with Gasteiger partial charge in [-0.15, -0.1) is 9.90 Å². The average Bonchev–Trinajstić information content (AvgIpc) is 3.27. The van der Waals surface area contributed by atoms with Gasteiger partial charge < -0.3 is 10.1 Å². The number of rotatable bonds is 3. The highest BCUT2D eigenvalue weighted by molar-refractivity contribution is 5.88. The minimum absolute atomic E-state index is 0.109. The number of hydrogen-bond donors (Lipinski definition) is 2. The van der Waals surface area contributed by atoms with Crippen LogP contribution in [0, 0.1) is 13.8 Å². The lowest BCUT2D eigenvalue weighted by molar-refractivity contribution is 0.231. The molecule has 0 unspecified atom stereocenters. The van der Waals surface area contributed by atoms with Crippen LogP contribution >= 0.6 is 0 Å². The number of benzene rings is 1. The first-order valence-corrected chi connectivity index (χ1v) is 8.73. The van der Waals surface area contributed by atoms with E-state index in [1.54, 1.807) is 17.1 Å². The normalized spacial score (nSPS) is 15.7. The molecule has 0 saturated carbocycles. The largest absolute Gasteiger partial charge is 0.493 e. The van der Waals surface area contributed by atoms with Crippen LogP contribution in [0.5, 0.6) is 5.75 Å². The average molecular weight is 367 g/mol. The van der Waals surface area contributed by atoms with Crippen molar-refractivity contribution in [2.45, 2.75) is 26.3 Å². The van der Waals surface area contributed by atoms with E-state index in [2.05, 4.69) is 32.0 Å². The smallest absolute Gasteiger partial charge is 0.320 e. The van der Waals surface area contributed by atoms with E-state index in [9.17, 15) is 4.79 Å². The molecule has 1 atom stereocenters. The Balaban J connectivity index is 1.47. The predicted molar refractivity (Wildman–Crippen MR) is 99.0 cm³/mol. The number of aryl methyl sites for hydroxylation is 3. The van der Waals surface area contributed by atoms with Gasteiger partial charge in [0.2, 0.25) is 0 Å². The van der Waals surface area contributed by atoms with E-state index in [1.807, 2.05) is 27.0 Å². The Morgan fingerprint density at radius 2 is 2.04 bits per heavy atom. The van der Waals surface area contributed by atoms with Gasteiger partial charge >= 0.3 is 6.03 Å². The van der Waals surface area contributed by atoms with Gasteiger partial charge in [-0.05, 0) is 25.0 Å². The molecule has 1 aromatic carbocycles. The minimum Gasteiger partial charge on any atom is -0.493 e. The standard InChI is InChI=1S/C18H21N7O2/c1-11-4-5-12(2)17-16(11)14(6-7-27-17)21-18(26)22-15-9-20-25(23-15)13-8-19-24(3)10-13/h4-5,8-10,14H,6-7H2,1-3H3,(H2,21,22,23,26)/t14-/m1/s1. The number of anilines is 1. The molecule has 3 aromatic rings. The maximum Gasteiger partial charge on any atom is 0.320 e. The Labute approximate surface area is 156 Å². The molecule has 2 amide bonds. The molecule has 9 heteroatoms. The molecule has 1 aliphatic rings. The van der Waals surface area contributed by atoms with Crippen LogP contribution in [0.1, 0.15) is 29.2 Å². The quantitative estimate of drug-likeness (QED) is 0.740. The fourth-order valence-corrected chi connectivity index (χ4v) is 3.27. The summed E-state index contributed by atoms with van der Waals surface area (Å²) in [5, 5.41) is 18.3. The third kappa shape index (κ3) is 3.35. The van der Waals surface area contributed by atoms with Gasteiger partial charge in [0, 0.05) is 19.0 Å². The van der Waals surface area contributed by atoms with Crippen LogP contribution in [-0.2, 0) is 7.05 Å². The van der Waals surface area contributed by atoms with E-state index in [1.165, 1.54) is 11.0 Å². The zero-order valence-corrected chi connectivity index (χ0v) is 15.4. The molecule has 2 N–H and O–H groups in total. The van der Waals surface area contributed by atoms with E-state index in [0.29, 0.717) is 18.8 Å². The number of fused-ring (bicyclic) bond motifs is 1. The van der Waals surface area contributed by atoms with Crippen LogP contribution < -0.4 is 15.4 Å². The van der Waals surface area contributed by atoms with Crippen molar-refractivity contribution in [3.63, 3.8) is 0 Å². The first-order chi connectivity index (χ1) is 13.0. The van der Waals surface area contributed by atoms with E-state index in [-0.39, 0.29) is 12.1 Å². The molecular formula is C18H21N7O2. The third-order valence-corrected chi connectivity index (χ3v) is 4.57. The highest BCUT2D eigenvalue weighted by atomic mass is 16.5. The predicted octanol–water partition coefficient (Wildman–Crippen LogP) is 2.26. The number of ether oxygens (including phenoxy) is 1. The van der Waals surface area contributed by atoms with Gasteiger partial charge in [0.15, 0.2) is 5.82 Å². The molecule has 3 heterocycles. The monoisotopic (exact) mass is 367 g/mol. The Morgan fingerprint density at radius 3 is 2.81 bits per heavy atom. The molecule has 0 bridgehead atoms. The first kappa shape index (κ1) is 17.1. The van der Waals surface area contributed by atoms with E-state index < -0.39 is 0 Å². The Bertz CT molecular complexity index is 992. The number of hydrogen-bond acceptors (Lipinski definition) is 5. The maximum absolute atomic E-state index is 12.5. The summed E-state index contributed by atoms with van der Waals surface area (Å²) < 4.78 is 7.47. The molecule has 9 nitrogen and oxygen atoms in total. The maximum atomic E-state index is 12.5. The van der Waals surface area contributed by atoms with Crippen LogP contribution in [0.15, 0.2) is 30.7 Å². The van der Waals surface area contributed by atoms with E-state index in [4.69, 9.17) is 4.74 Å². The summed E-state index contributed by atoms with van der Waals surface area (Å²) in [4.78, 5) is 13.9. The SMILES string of the molecule is Cc1ccc(C)c2c1OCC[C@H]2NC(=O)Nc1cnn(-c2cnn(C)c2)n1. The summed E-state index contributed by atoms with van der Waals surface area (Å²) in [6.07, 6.45) is 5.65. The van der Waals surface area contributed by atoms with Crippen molar-refractivity contribution in [3.8, 4) is 11.4 Å². The van der Waals surface area contributed by atoms with Crippen LogP contribution in [0.4, 0.5) is 10.6 Å². The fourth-order valence-electron chi connectivity index (χ4n) is 3.27. The zero-order valence-electron chi connectivity index (χ0n) is 15.4. The van der Waals surface area contributed by atoms with Crippen molar-refractivity contribution in [1.82, 2.24) is 30.1 Å². The van der Waals surface area contributed by atoms with E-state index >= 15 is 0 Å². The molecule has 0 aliphatic carbocycles. The van der Waals surface area contributed by atoms with Crippen molar-refractivity contribution >= 4 is 11.8 Å². The lowest BCUT2D eigenvalue weighted by Crippen LogP contribution is -2.36. The number of carbonyl (C=O) groups excluding carboxylic acids is 1. The van der Waals surface area contributed by atoms with Crippen LogP contribution in [0.2, 0.25) is 0 Å². The van der Waals surface area contributed by atoms with Gasteiger partial charge in [-0.3, -0.25) is 10.00 Å². The number of nitrogens with zero attached hydrogens (tertiary/aromatic N) is 5. The summed E-state index contributed by atoms with van der Waals surface area (Å²) in [6, 6.07) is 3.65. The fraction of sp³-hybridized carbons (Fsp3) is 0.333. The number of amides is 2. The summed E-state index contributed by atoms with van der Waals surface area (Å²) in [5.74, 6) is 1.23.